The van der Waals surface area contributed by atoms with Crippen LogP contribution in [0, 0.1) is 11.3 Å². The number of benzene rings is 2. The molecule has 214 valence electrons. The van der Waals surface area contributed by atoms with E-state index in [1.807, 2.05) is 18.2 Å². The molecule has 1 aliphatic heterocycles. The molecule has 3 aromatic rings. The number of nitrogens with zero attached hydrogens (tertiary/aromatic N) is 2. The minimum atomic E-state index is -4.94. The number of rotatable bonds is 6. The van der Waals surface area contributed by atoms with Gasteiger partial charge in [-0.1, -0.05) is 12.1 Å². The Kier molecular flexibility index (Phi) is 7.22. The number of alkyl halides is 6. The summed E-state index contributed by atoms with van der Waals surface area (Å²) in [6, 6.07) is 10.7. The van der Waals surface area contributed by atoms with E-state index >= 15 is 0 Å². The monoisotopic (exact) mass is 565 g/mol. The van der Waals surface area contributed by atoms with E-state index in [1.165, 1.54) is 6.07 Å². The van der Waals surface area contributed by atoms with Gasteiger partial charge >= 0.3 is 12.4 Å². The van der Waals surface area contributed by atoms with Crippen LogP contribution < -0.4 is 10.9 Å². The average molecular weight is 566 g/mol. The number of fused-ring (bicyclic) bond motifs is 1. The van der Waals surface area contributed by atoms with E-state index in [-0.39, 0.29) is 29.0 Å². The molecule has 1 aliphatic carbocycles. The van der Waals surface area contributed by atoms with Crippen LogP contribution in [0.5, 0.6) is 0 Å². The van der Waals surface area contributed by atoms with Crippen LogP contribution in [-0.4, -0.2) is 28.5 Å². The molecule has 0 radical (unpaired) electrons. The highest BCUT2D eigenvalue weighted by Gasteiger charge is 2.51. The van der Waals surface area contributed by atoms with Gasteiger partial charge in [-0.15, -0.1) is 0 Å². The van der Waals surface area contributed by atoms with Crippen LogP contribution >= 0.6 is 0 Å². The maximum absolute atomic E-state index is 13.4. The molecular weight excluding hydrogens is 536 g/mol. The third kappa shape index (κ3) is 5.75. The summed E-state index contributed by atoms with van der Waals surface area (Å²) in [5, 5.41) is 3.62. The van der Waals surface area contributed by atoms with Crippen molar-refractivity contribution < 1.29 is 31.1 Å². The molecule has 11 heteroatoms. The Hall–Kier alpha value is -3.34. The molecule has 0 spiro atoms. The molecule has 2 heterocycles. The molecular formula is C29H29F6N3O2. The van der Waals surface area contributed by atoms with Crippen LogP contribution in [0.15, 0.2) is 53.3 Å². The van der Waals surface area contributed by atoms with Gasteiger partial charge in [-0.25, -0.2) is 0 Å². The number of hydrogen-bond donors (Lipinski definition) is 1. The first-order valence-corrected chi connectivity index (χ1v) is 13.1. The SMILES string of the molecule is Cn1c(=O)ccc2ccc(CN3CCC(C(=O)NCc4cc(C(F)(F)F)cc(C(F)(F)F)c4)(C4CC4)CC3)cc21. The summed E-state index contributed by atoms with van der Waals surface area (Å²) >= 11 is 0. The van der Waals surface area contributed by atoms with Crippen molar-refractivity contribution >= 4 is 16.8 Å². The standard InChI is InChI=1S/C29H29F6N3O2/c1-37-24-14-18(2-3-20(24)4-7-25(37)39)17-38-10-8-27(9-11-38,21-5-6-21)26(40)36-16-19-12-22(28(30,31)32)15-23(13-19)29(33,34)35/h2-4,7,12-15,21H,5-6,8-11,16-17H2,1H3,(H,36,40). The highest BCUT2D eigenvalue weighted by Crippen LogP contribution is 2.52. The molecule has 0 unspecified atom stereocenters. The summed E-state index contributed by atoms with van der Waals surface area (Å²) < 4.78 is 81.0. The van der Waals surface area contributed by atoms with Crippen molar-refractivity contribution in [2.24, 2.45) is 18.4 Å². The molecule has 40 heavy (non-hydrogen) atoms. The fraction of sp³-hybridized carbons (Fsp3) is 0.448. The summed E-state index contributed by atoms with van der Waals surface area (Å²) in [6.07, 6.45) is -7.05. The Bertz CT molecular complexity index is 1450. The lowest BCUT2D eigenvalue weighted by atomic mass is 9.73. The summed E-state index contributed by atoms with van der Waals surface area (Å²) in [5.41, 5.74) is -1.97. The summed E-state index contributed by atoms with van der Waals surface area (Å²) in [6.45, 7) is 1.46. The van der Waals surface area contributed by atoms with Crippen LogP contribution in [0.25, 0.3) is 10.9 Å². The highest BCUT2D eigenvalue weighted by molar-refractivity contribution is 5.83. The number of amides is 1. The number of likely N-dealkylation sites (tertiary alicyclic amines) is 1. The van der Waals surface area contributed by atoms with E-state index in [2.05, 4.69) is 10.2 Å². The van der Waals surface area contributed by atoms with Crippen LogP contribution in [-0.2, 0) is 37.3 Å². The van der Waals surface area contributed by atoms with Crippen molar-refractivity contribution in [3.8, 4) is 0 Å². The Labute approximate surface area is 226 Å². The molecule has 2 fully saturated rings. The van der Waals surface area contributed by atoms with Gasteiger partial charge in [0, 0.05) is 26.2 Å². The van der Waals surface area contributed by atoms with Crippen molar-refractivity contribution in [3.05, 3.63) is 81.1 Å². The molecule has 2 aromatic carbocycles. The average Bonchev–Trinajstić information content (AvgIpc) is 3.75. The van der Waals surface area contributed by atoms with Gasteiger partial charge in [-0.2, -0.15) is 26.3 Å². The van der Waals surface area contributed by atoms with Gasteiger partial charge in [0.2, 0.25) is 5.91 Å². The molecule has 5 rings (SSSR count). The van der Waals surface area contributed by atoms with Crippen LogP contribution in [0.3, 0.4) is 0 Å². The molecule has 1 amide bonds. The normalized spacial score (nSPS) is 18.2. The number of carbonyl (C=O) groups is 1. The molecule has 0 bridgehead atoms. The second-order valence-electron chi connectivity index (χ2n) is 10.9. The summed E-state index contributed by atoms with van der Waals surface area (Å²) in [7, 11) is 1.72. The van der Waals surface area contributed by atoms with Gasteiger partial charge in [0.25, 0.3) is 5.56 Å². The molecule has 1 aromatic heterocycles. The van der Waals surface area contributed by atoms with Crippen LogP contribution in [0.2, 0.25) is 0 Å². The minimum Gasteiger partial charge on any atom is -0.352 e. The largest absolute Gasteiger partial charge is 0.416 e. The van der Waals surface area contributed by atoms with Gasteiger partial charge in [0.05, 0.1) is 22.1 Å². The molecule has 1 saturated heterocycles. The second kappa shape index (κ2) is 10.2. The lowest BCUT2D eigenvalue weighted by Crippen LogP contribution is -2.49. The molecule has 0 atom stereocenters. The fourth-order valence-corrected chi connectivity index (χ4v) is 5.82. The van der Waals surface area contributed by atoms with Crippen molar-refractivity contribution in [3.63, 3.8) is 0 Å². The number of halogens is 6. The zero-order valence-corrected chi connectivity index (χ0v) is 21.8. The number of pyridine rings is 1. The molecule has 2 aliphatic rings. The van der Waals surface area contributed by atoms with Gasteiger partial charge in [-0.3, -0.25) is 14.5 Å². The summed E-state index contributed by atoms with van der Waals surface area (Å²) in [4.78, 5) is 27.7. The topological polar surface area (TPSA) is 54.3 Å². The van der Waals surface area contributed by atoms with Crippen molar-refractivity contribution in [2.75, 3.05) is 13.1 Å². The number of nitrogens with one attached hydrogen (secondary N) is 1. The number of piperidine rings is 1. The zero-order valence-electron chi connectivity index (χ0n) is 21.8. The molecule has 1 saturated carbocycles. The van der Waals surface area contributed by atoms with E-state index in [9.17, 15) is 35.9 Å². The van der Waals surface area contributed by atoms with E-state index < -0.39 is 35.4 Å². The Morgan fingerprint density at radius 3 is 2.08 bits per heavy atom. The Balaban J connectivity index is 1.27. The smallest absolute Gasteiger partial charge is 0.352 e. The zero-order chi connectivity index (χ0) is 28.9. The predicted molar refractivity (Wildman–Crippen MR) is 137 cm³/mol. The number of aromatic nitrogens is 1. The molecule has 5 nitrogen and oxygen atoms in total. The first-order chi connectivity index (χ1) is 18.8. The quantitative estimate of drug-likeness (QED) is 0.380. The summed E-state index contributed by atoms with van der Waals surface area (Å²) in [5.74, 6) is -0.168. The number of aryl methyl sites for hydroxylation is 1. The van der Waals surface area contributed by atoms with Crippen molar-refractivity contribution in [2.45, 2.75) is 51.1 Å². The lowest BCUT2D eigenvalue weighted by Gasteiger charge is -2.41. The van der Waals surface area contributed by atoms with E-state index in [4.69, 9.17) is 0 Å². The predicted octanol–water partition coefficient (Wildman–Crippen LogP) is 5.88. The van der Waals surface area contributed by atoms with Crippen molar-refractivity contribution in [1.29, 1.82) is 0 Å². The van der Waals surface area contributed by atoms with Gasteiger partial charge in [-0.05, 0) is 91.5 Å². The Morgan fingerprint density at radius 2 is 1.50 bits per heavy atom. The fourth-order valence-electron chi connectivity index (χ4n) is 5.82. The molecule has 1 N–H and O–H groups in total. The van der Waals surface area contributed by atoms with Gasteiger partial charge < -0.3 is 9.88 Å². The highest BCUT2D eigenvalue weighted by atomic mass is 19.4. The van der Waals surface area contributed by atoms with E-state index in [1.54, 1.807) is 17.7 Å². The lowest BCUT2D eigenvalue weighted by molar-refractivity contribution is -0.143. The van der Waals surface area contributed by atoms with E-state index in [0.717, 1.165) is 29.3 Å². The third-order valence-electron chi connectivity index (χ3n) is 8.26. The van der Waals surface area contributed by atoms with Gasteiger partial charge in [0.15, 0.2) is 0 Å². The first-order valence-electron chi connectivity index (χ1n) is 13.1. The maximum Gasteiger partial charge on any atom is 0.416 e. The van der Waals surface area contributed by atoms with Gasteiger partial charge in [0.1, 0.15) is 0 Å². The first kappa shape index (κ1) is 28.2. The second-order valence-corrected chi connectivity index (χ2v) is 10.9. The van der Waals surface area contributed by atoms with E-state index in [0.29, 0.717) is 44.6 Å². The van der Waals surface area contributed by atoms with Crippen molar-refractivity contribution in [1.82, 2.24) is 14.8 Å². The van der Waals surface area contributed by atoms with Crippen LogP contribution in [0.4, 0.5) is 26.3 Å². The minimum absolute atomic E-state index is 0.0852. The third-order valence-corrected chi connectivity index (χ3v) is 8.26. The number of carbonyl (C=O) groups excluding carboxylic acids is 1. The Morgan fingerprint density at radius 1 is 0.900 bits per heavy atom. The maximum atomic E-state index is 13.4. The number of hydrogen-bond acceptors (Lipinski definition) is 3. The van der Waals surface area contributed by atoms with Crippen LogP contribution in [0.1, 0.15) is 47.9 Å².